The summed E-state index contributed by atoms with van der Waals surface area (Å²) in [5.41, 5.74) is 2.75. The van der Waals surface area contributed by atoms with Crippen molar-refractivity contribution >= 4 is 5.91 Å². The fraction of sp³-hybridized carbons (Fsp3) is 0.450. The minimum absolute atomic E-state index is 0.200. The third kappa shape index (κ3) is 5.10. The van der Waals surface area contributed by atoms with Crippen molar-refractivity contribution in [3.63, 3.8) is 0 Å². The van der Waals surface area contributed by atoms with Crippen LogP contribution in [0, 0.1) is 11.8 Å². The fourth-order valence-corrected chi connectivity index (χ4v) is 3.63. The van der Waals surface area contributed by atoms with Crippen LogP contribution in [0.5, 0.6) is 0 Å². The van der Waals surface area contributed by atoms with Gasteiger partial charge in [0.25, 0.3) is 5.91 Å². The quantitative estimate of drug-likeness (QED) is 0.911. The van der Waals surface area contributed by atoms with Crippen LogP contribution in [0.15, 0.2) is 42.9 Å². The minimum atomic E-state index is -0.200. The summed E-state index contributed by atoms with van der Waals surface area (Å²) in [7, 11) is 0. The van der Waals surface area contributed by atoms with E-state index in [0.29, 0.717) is 12.2 Å². The zero-order chi connectivity index (χ0) is 17.6. The first-order chi connectivity index (χ1) is 12.1. The SMILES string of the molecule is C[C@H]1C[C@H](C)CN(Cc2ccc(CNC(=O)c3cnccn3)cc2)C1. The summed E-state index contributed by atoms with van der Waals surface area (Å²) in [5, 5.41) is 2.88. The zero-order valence-electron chi connectivity index (χ0n) is 15.0. The molecule has 5 heteroatoms. The molecule has 0 radical (unpaired) electrons. The van der Waals surface area contributed by atoms with Crippen LogP contribution in [-0.4, -0.2) is 33.9 Å². The highest BCUT2D eigenvalue weighted by atomic mass is 16.1. The first-order valence-corrected chi connectivity index (χ1v) is 8.94. The van der Waals surface area contributed by atoms with Gasteiger partial charge in [0.15, 0.2) is 0 Å². The number of benzene rings is 1. The average Bonchev–Trinajstić information content (AvgIpc) is 2.61. The summed E-state index contributed by atoms with van der Waals surface area (Å²) in [4.78, 5) is 22.4. The van der Waals surface area contributed by atoms with Crippen molar-refractivity contribution in [3.8, 4) is 0 Å². The Labute approximate surface area is 149 Å². The van der Waals surface area contributed by atoms with Gasteiger partial charge in [-0.25, -0.2) is 4.98 Å². The van der Waals surface area contributed by atoms with Gasteiger partial charge in [0.1, 0.15) is 5.69 Å². The third-order valence-electron chi connectivity index (χ3n) is 4.62. The number of rotatable bonds is 5. The molecule has 3 rings (SSSR count). The summed E-state index contributed by atoms with van der Waals surface area (Å²) >= 11 is 0. The lowest BCUT2D eigenvalue weighted by Gasteiger charge is -2.35. The summed E-state index contributed by atoms with van der Waals surface area (Å²) in [5.74, 6) is 1.35. The van der Waals surface area contributed by atoms with Crippen molar-refractivity contribution < 1.29 is 4.79 Å². The Hall–Kier alpha value is -2.27. The number of nitrogens with one attached hydrogen (secondary N) is 1. The maximum atomic E-state index is 12.0. The van der Waals surface area contributed by atoms with E-state index in [4.69, 9.17) is 0 Å². The number of hydrogen-bond acceptors (Lipinski definition) is 4. The summed E-state index contributed by atoms with van der Waals surface area (Å²) in [6, 6.07) is 8.49. The Balaban J connectivity index is 1.51. The number of piperidine rings is 1. The molecule has 132 valence electrons. The Morgan fingerprint density at radius 1 is 1.12 bits per heavy atom. The number of likely N-dealkylation sites (tertiary alicyclic amines) is 1. The highest BCUT2D eigenvalue weighted by molar-refractivity contribution is 5.91. The zero-order valence-corrected chi connectivity index (χ0v) is 15.0. The fourth-order valence-electron chi connectivity index (χ4n) is 3.63. The lowest BCUT2D eigenvalue weighted by Crippen LogP contribution is -2.38. The van der Waals surface area contributed by atoms with Gasteiger partial charge in [0.05, 0.1) is 6.20 Å². The molecule has 0 spiro atoms. The molecule has 1 aliphatic heterocycles. The molecule has 2 aromatic rings. The molecule has 2 atom stereocenters. The third-order valence-corrected chi connectivity index (χ3v) is 4.62. The largest absolute Gasteiger partial charge is 0.347 e. The van der Waals surface area contributed by atoms with E-state index in [-0.39, 0.29) is 5.91 Å². The number of aromatic nitrogens is 2. The summed E-state index contributed by atoms with van der Waals surface area (Å²) in [6.45, 7) is 8.53. The molecule has 1 aromatic heterocycles. The van der Waals surface area contributed by atoms with Gasteiger partial charge >= 0.3 is 0 Å². The molecular formula is C20H26N4O. The molecule has 1 amide bonds. The van der Waals surface area contributed by atoms with Gasteiger partial charge < -0.3 is 5.32 Å². The van der Waals surface area contributed by atoms with Gasteiger partial charge in [-0.1, -0.05) is 38.1 Å². The molecule has 1 fully saturated rings. The van der Waals surface area contributed by atoms with Crippen LogP contribution in [0.25, 0.3) is 0 Å². The Morgan fingerprint density at radius 3 is 2.44 bits per heavy atom. The van der Waals surface area contributed by atoms with Crippen LogP contribution in [0.3, 0.4) is 0 Å². The molecule has 25 heavy (non-hydrogen) atoms. The maximum Gasteiger partial charge on any atom is 0.271 e. The monoisotopic (exact) mass is 338 g/mol. The van der Waals surface area contributed by atoms with Crippen molar-refractivity contribution in [2.24, 2.45) is 11.8 Å². The van der Waals surface area contributed by atoms with E-state index in [1.165, 1.54) is 37.5 Å². The van der Waals surface area contributed by atoms with Gasteiger partial charge in [0, 0.05) is 38.6 Å². The van der Waals surface area contributed by atoms with Gasteiger partial charge in [0.2, 0.25) is 0 Å². The maximum absolute atomic E-state index is 12.0. The van der Waals surface area contributed by atoms with Crippen molar-refractivity contribution in [1.82, 2.24) is 20.2 Å². The summed E-state index contributed by atoms with van der Waals surface area (Å²) < 4.78 is 0. The highest BCUT2D eigenvalue weighted by Gasteiger charge is 2.21. The molecular weight excluding hydrogens is 312 g/mol. The number of nitrogens with zero attached hydrogens (tertiary/aromatic N) is 3. The molecule has 0 aliphatic carbocycles. The minimum Gasteiger partial charge on any atom is -0.347 e. The second kappa shape index (κ2) is 8.21. The van der Waals surface area contributed by atoms with Crippen molar-refractivity contribution in [3.05, 3.63) is 59.7 Å². The van der Waals surface area contributed by atoms with Crippen molar-refractivity contribution in [2.45, 2.75) is 33.4 Å². The van der Waals surface area contributed by atoms with E-state index >= 15 is 0 Å². The number of amides is 1. The number of hydrogen-bond donors (Lipinski definition) is 1. The van der Waals surface area contributed by atoms with Gasteiger partial charge in [-0.2, -0.15) is 0 Å². The van der Waals surface area contributed by atoms with E-state index in [1.807, 2.05) is 0 Å². The average molecular weight is 338 g/mol. The molecule has 5 nitrogen and oxygen atoms in total. The van der Waals surface area contributed by atoms with Crippen LogP contribution < -0.4 is 5.32 Å². The smallest absolute Gasteiger partial charge is 0.271 e. The van der Waals surface area contributed by atoms with Crippen molar-refractivity contribution in [2.75, 3.05) is 13.1 Å². The lowest BCUT2D eigenvalue weighted by atomic mass is 9.91. The topological polar surface area (TPSA) is 58.1 Å². The van der Waals surface area contributed by atoms with Crippen LogP contribution in [0.2, 0.25) is 0 Å². The first kappa shape index (κ1) is 17.5. The second-order valence-electron chi connectivity index (χ2n) is 7.23. The lowest BCUT2D eigenvalue weighted by molar-refractivity contribution is 0.0945. The molecule has 1 aliphatic rings. The molecule has 2 heterocycles. The van der Waals surface area contributed by atoms with E-state index < -0.39 is 0 Å². The van der Waals surface area contributed by atoms with E-state index in [1.54, 1.807) is 6.20 Å². The predicted molar refractivity (Wildman–Crippen MR) is 97.9 cm³/mol. The Bertz CT molecular complexity index is 677. The molecule has 0 bridgehead atoms. The Morgan fingerprint density at radius 2 is 1.80 bits per heavy atom. The molecule has 1 saturated heterocycles. The van der Waals surface area contributed by atoms with Crippen LogP contribution >= 0.6 is 0 Å². The van der Waals surface area contributed by atoms with E-state index in [2.05, 4.69) is 58.3 Å². The van der Waals surface area contributed by atoms with Gasteiger partial charge in [-0.3, -0.25) is 14.7 Å². The van der Waals surface area contributed by atoms with Crippen LogP contribution in [-0.2, 0) is 13.1 Å². The van der Waals surface area contributed by atoms with Gasteiger partial charge in [-0.05, 0) is 29.4 Å². The highest BCUT2D eigenvalue weighted by Crippen LogP contribution is 2.22. The number of carbonyl (C=O) groups is 1. The molecule has 0 unspecified atom stereocenters. The number of carbonyl (C=O) groups excluding carboxylic acids is 1. The molecule has 1 N–H and O–H groups in total. The van der Waals surface area contributed by atoms with Crippen LogP contribution in [0.1, 0.15) is 41.9 Å². The van der Waals surface area contributed by atoms with Gasteiger partial charge in [-0.15, -0.1) is 0 Å². The summed E-state index contributed by atoms with van der Waals surface area (Å²) in [6.07, 6.45) is 5.88. The second-order valence-corrected chi connectivity index (χ2v) is 7.23. The molecule has 1 aromatic carbocycles. The molecule has 0 saturated carbocycles. The normalized spacial score (nSPS) is 21.0. The van der Waals surface area contributed by atoms with E-state index in [9.17, 15) is 4.79 Å². The standard InChI is InChI=1S/C20H26N4O/c1-15-9-16(2)13-24(12-15)14-18-5-3-17(4-6-18)10-23-20(25)19-11-21-7-8-22-19/h3-8,11,15-16H,9-10,12-14H2,1-2H3,(H,23,25)/t15-,16-/m0/s1. The van der Waals surface area contributed by atoms with Crippen molar-refractivity contribution in [1.29, 1.82) is 0 Å². The van der Waals surface area contributed by atoms with E-state index in [0.717, 1.165) is 23.9 Å². The van der Waals surface area contributed by atoms with Crippen LogP contribution in [0.4, 0.5) is 0 Å². The Kier molecular flexibility index (Phi) is 5.76. The first-order valence-electron chi connectivity index (χ1n) is 8.94. The predicted octanol–water partition coefficient (Wildman–Crippen LogP) is 2.88.